The average Bonchev–Trinajstić information content (AvgIpc) is 2.94. The summed E-state index contributed by atoms with van der Waals surface area (Å²) in [5.74, 6) is -0.569. The van der Waals surface area contributed by atoms with Gasteiger partial charge in [0, 0.05) is 6.61 Å². The second-order valence-corrected chi connectivity index (χ2v) is 5.84. The van der Waals surface area contributed by atoms with E-state index in [1.807, 2.05) is 0 Å². The molecule has 1 amide bonds. The number of carbonyl (C=O) groups is 1. The van der Waals surface area contributed by atoms with E-state index in [0.29, 0.717) is 6.61 Å². The first-order valence-corrected chi connectivity index (χ1v) is 7.62. The van der Waals surface area contributed by atoms with Crippen molar-refractivity contribution in [2.75, 3.05) is 18.5 Å². The lowest BCUT2D eigenvalue weighted by atomic mass is 10.1. The molecule has 124 valence electrons. The van der Waals surface area contributed by atoms with Crippen LogP contribution in [0.5, 0.6) is 0 Å². The van der Waals surface area contributed by atoms with Crippen LogP contribution in [0.15, 0.2) is 0 Å². The van der Waals surface area contributed by atoms with Gasteiger partial charge in [-0.3, -0.25) is 10.1 Å². The Morgan fingerprint density at radius 2 is 2.27 bits per heavy atom. The van der Waals surface area contributed by atoms with E-state index in [4.69, 9.17) is 9.47 Å². The number of amides is 1. The maximum Gasteiger partial charge on any atom is 0.445 e. The van der Waals surface area contributed by atoms with Gasteiger partial charge in [0.2, 0.25) is 10.1 Å². The van der Waals surface area contributed by atoms with Crippen LogP contribution in [-0.2, 0) is 20.4 Å². The SMILES string of the molecule is CC(OCC1CCCCO1)C(=O)Nc1nnc(C(F)(F)F)s1. The number of anilines is 1. The smallest absolute Gasteiger partial charge is 0.376 e. The van der Waals surface area contributed by atoms with Gasteiger partial charge in [-0.05, 0) is 26.2 Å². The molecular formula is C12H16F3N3O3S. The van der Waals surface area contributed by atoms with Gasteiger partial charge < -0.3 is 9.47 Å². The van der Waals surface area contributed by atoms with Crippen LogP contribution in [0.25, 0.3) is 0 Å². The van der Waals surface area contributed by atoms with E-state index in [9.17, 15) is 18.0 Å². The number of aromatic nitrogens is 2. The summed E-state index contributed by atoms with van der Waals surface area (Å²) in [4.78, 5) is 11.8. The van der Waals surface area contributed by atoms with Crippen molar-refractivity contribution in [2.45, 2.75) is 44.6 Å². The van der Waals surface area contributed by atoms with Crippen molar-refractivity contribution < 1.29 is 27.4 Å². The van der Waals surface area contributed by atoms with Crippen molar-refractivity contribution in [1.82, 2.24) is 10.2 Å². The Hall–Kier alpha value is -1.26. The van der Waals surface area contributed by atoms with Crippen molar-refractivity contribution in [3.8, 4) is 0 Å². The summed E-state index contributed by atoms with van der Waals surface area (Å²) in [7, 11) is 0. The molecule has 0 radical (unpaired) electrons. The number of carbonyl (C=O) groups excluding carboxylic acids is 1. The van der Waals surface area contributed by atoms with Gasteiger partial charge in [0.1, 0.15) is 6.10 Å². The highest BCUT2D eigenvalue weighted by Gasteiger charge is 2.36. The van der Waals surface area contributed by atoms with Gasteiger partial charge in [0.05, 0.1) is 12.7 Å². The maximum absolute atomic E-state index is 12.4. The van der Waals surface area contributed by atoms with Crippen LogP contribution in [0.2, 0.25) is 0 Å². The summed E-state index contributed by atoms with van der Waals surface area (Å²) < 4.78 is 48.0. The molecule has 2 unspecified atom stereocenters. The van der Waals surface area contributed by atoms with Crippen molar-refractivity contribution in [2.24, 2.45) is 0 Å². The summed E-state index contributed by atoms with van der Waals surface area (Å²) in [6.45, 7) is 2.47. The fraction of sp³-hybridized carbons (Fsp3) is 0.750. The number of rotatable bonds is 5. The molecule has 22 heavy (non-hydrogen) atoms. The van der Waals surface area contributed by atoms with Crippen LogP contribution in [-0.4, -0.2) is 41.5 Å². The number of halogens is 3. The Kier molecular flexibility index (Phi) is 5.70. The zero-order chi connectivity index (χ0) is 16.2. The highest BCUT2D eigenvalue weighted by atomic mass is 32.1. The van der Waals surface area contributed by atoms with E-state index in [1.165, 1.54) is 6.92 Å². The average molecular weight is 339 g/mol. The molecule has 1 N–H and O–H groups in total. The molecule has 0 spiro atoms. The predicted octanol–water partition coefficient (Wildman–Crippen LogP) is 2.47. The minimum Gasteiger partial charge on any atom is -0.376 e. The first-order valence-electron chi connectivity index (χ1n) is 6.81. The molecule has 1 aliphatic heterocycles. The Bertz CT molecular complexity index is 503. The minimum absolute atomic E-state index is 0.0395. The molecule has 1 aromatic heterocycles. The molecule has 0 saturated carbocycles. The monoisotopic (exact) mass is 339 g/mol. The molecular weight excluding hydrogens is 323 g/mol. The fourth-order valence-corrected chi connectivity index (χ4v) is 2.48. The first-order chi connectivity index (χ1) is 10.4. The standard InChI is InChI=1S/C12H16F3N3O3S/c1-7(21-6-8-4-2-3-5-20-8)9(19)16-11-18-17-10(22-11)12(13,14)15/h7-8H,2-6H2,1H3,(H,16,18,19). The van der Waals surface area contributed by atoms with Gasteiger partial charge in [0.15, 0.2) is 0 Å². The molecule has 1 saturated heterocycles. The highest BCUT2D eigenvalue weighted by Crippen LogP contribution is 2.33. The van der Waals surface area contributed by atoms with E-state index < -0.39 is 23.2 Å². The Morgan fingerprint density at radius 3 is 2.86 bits per heavy atom. The topological polar surface area (TPSA) is 73.3 Å². The van der Waals surface area contributed by atoms with E-state index in [1.54, 1.807) is 0 Å². The lowest BCUT2D eigenvalue weighted by molar-refractivity contribution is -0.138. The van der Waals surface area contributed by atoms with Crippen molar-refractivity contribution in [1.29, 1.82) is 0 Å². The number of nitrogens with one attached hydrogen (secondary N) is 1. The van der Waals surface area contributed by atoms with Crippen LogP contribution < -0.4 is 5.32 Å². The molecule has 0 aliphatic carbocycles. The number of ether oxygens (including phenoxy) is 2. The van der Waals surface area contributed by atoms with Crippen LogP contribution in [0.4, 0.5) is 18.3 Å². The quantitative estimate of drug-likeness (QED) is 0.892. The number of hydrogen-bond donors (Lipinski definition) is 1. The molecule has 2 rings (SSSR count). The van der Waals surface area contributed by atoms with Crippen molar-refractivity contribution >= 4 is 22.4 Å². The Morgan fingerprint density at radius 1 is 1.50 bits per heavy atom. The molecule has 2 atom stereocenters. The van der Waals surface area contributed by atoms with Crippen LogP contribution in [0.3, 0.4) is 0 Å². The Labute approximate surface area is 129 Å². The minimum atomic E-state index is -4.57. The second-order valence-electron chi connectivity index (χ2n) is 4.86. The summed E-state index contributed by atoms with van der Waals surface area (Å²) in [6.07, 6.45) is -2.47. The fourth-order valence-electron chi connectivity index (χ4n) is 1.86. The molecule has 2 heterocycles. The molecule has 1 aliphatic rings. The molecule has 6 nitrogen and oxygen atoms in total. The van der Waals surface area contributed by atoms with Crippen LogP contribution in [0.1, 0.15) is 31.2 Å². The molecule has 10 heteroatoms. The van der Waals surface area contributed by atoms with Crippen LogP contribution >= 0.6 is 11.3 Å². The Balaban J connectivity index is 1.79. The van der Waals surface area contributed by atoms with Crippen molar-refractivity contribution in [3.63, 3.8) is 0 Å². The molecule has 0 aromatic carbocycles. The summed E-state index contributed by atoms with van der Waals surface area (Å²) in [6, 6.07) is 0. The zero-order valence-electron chi connectivity index (χ0n) is 11.9. The third-order valence-corrected chi connectivity index (χ3v) is 3.96. The van der Waals surface area contributed by atoms with Gasteiger partial charge >= 0.3 is 6.18 Å². The normalized spacial score (nSPS) is 20.6. The summed E-state index contributed by atoms with van der Waals surface area (Å²) in [5, 5.41) is 7.23. The number of nitrogens with zero attached hydrogens (tertiary/aromatic N) is 2. The predicted molar refractivity (Wildman–Crippen MR) is 72.5 cm³/mol. The lowest BCUT2D eigenvalue weighted by Crippen LogP contribution is -2.32. The maximum atomic E-state index is 12.4. The number of hydrogen-bond acceptors (Lipinski definition) is 6. The molecule has 0 bridgehead atoms. The van der Waals surface area contributed by atoms with Gasteiger partial charge in [-0.25, -0.2) is 0 Å². The van der Waals surface area contributed by atoms with E-state index >= 15 is 0 Å². The van der Waals surface area contributed by atoms with Gasteiger partial charge in [-0.15, -0.1) is 10.2 Å². The second kappa shape index (κ2) is 7.34. The third kappa shape index (κ3) is 4.89. The van der Waals surface area contributed by atoms with E-state index in [0.717, 1.165) is 19.3 Å². The van der Waals surface area contributed by atoms with E-state index in [-0.39, 0.29) is 29.2 Å². The molecule has 1 aromatic rings. The van der Waals surface area contributed by atoms with Gasteiger partial charge in [0.25, 0.3) is 5.91 Å². The number of alkyl halides is 3. The zero-order valence-corrected chi connectivity index (χ0v) is 12.7. The molecule has 1 fully saturated rings. The van der Waals surface area contributed by atoms with Gasteiger partial charge in [-0.2, -0.15) is 13.2 Å². The van der Waals surface area contributed by atoms with Crippen molar-refractivity contribution in [3.05, 3.63) is 5.01 Å². The first kappa shape index (κ1) is 17.1. The van der Waals surface area contributed by atoms with Crippen LogP contribution in [0, 0.1) is 0 Å². The van der Waals surface area contributed by atoms with Gasteiger partial charge in [-0.1, -0.05) is 11.3 Å². The lowest BCUT2D eigenvalue weighted by Gasteiger charge is -2.23. The largest absolute Gasteiger partial charge is 0.445 e. The van der Waals surface area contributed by atoms with E-state index in [2.05, 4.69) is 15.5 Å². The summed E-state index contributed by atoms with van der Waals surface area (Å²) in [5.41, 5.74) is 0. The third-order valence-electron chi connectivity index (χ3n) is 3.07. The summed E-state index contributed by atoms with van der Waals surface area (Å²) >= 11 is 0.272. The highest BCUT2D eigenvalue weighted by molar-refractivity contribution is 7.15.